The maximum absolute atomic E-state index is 11.8. The standard InChI is InChI=1S/C13H17N3O3S/c1-14-12(17)10-7-9(16(18)19)3-4-11(10)15-8-13(20-2)5-6-13/h3-4,7,15H,5-6,8H2,1-2H3,(H,14,17). The summed E-state index contributed by atoms with van der Waals surface area (Å²) < 4.78 is 0.252. The number of nitrogens with one attached hydrogen (secondary N) is 2. The van der Waals surface area contributed by atoms with Crippen molar-refractivity contribution in [3.05, 3.63) is 33.9 Å². The number of thioether (sulfide) groups is 1. The van der Waals surface area contributed by atoms with Crippen LogP contribution in [-0.4, -0.2) is 35.4 Å². The summed E-state index contributed by atoms with van der Waals surface area (Å²) >= 11 is 1.81. The van der Waals surface area contributed by atoms with Gasteiger partial charge in [-0.1, -0.05) is 0 Å². The van der Waals surface area contributed by atoms with Gasteiger partial charge in [0.2, 0.25) is 0 Å². The maximum atomic E-state index is 11.8. The predicted molar refractivity (Wildman–Crippen MR) is 80.5 cm³/mol. The molecule has 0 atom stereocenters. The first kappa shape index (κ1) is 14.6. The van der Waals surface area contributed by atoms with Crippen LogP contribution in [0.4, 0.5) is 11.4 Å². The van der Waals surface area contributed by atoms with E-state index in [1.165, 1.54) is 19.2 Å². The number of carbonyl (C=O) groups is 1. The second-order valence-electron chi connectivity index (χ2n) is 4.81. The molecule has 6 nitrogen and oxygen atoms in total. The normalized spacial score (nSPS) is 15.5. The number of carbonyl (C=O) groups excluding carboxylic acids is 1. The summed E-state index contributed by atoms with van der Waals surface area (Å²) in [5, 5.41) is 16.6. The van der Waals surface area contributed by atoms with Crippen molar-refractivity contribution in [1.82, 2.24) is 5.32 Å². The summed E-state index contributed by atoms with van der Waals surface area (Å²) in [6, 6.07) is 4.31. The molecule has 1 amide bonds. The molecule has 0 radical (unpaired) electrons. The SMILES string of the molecule is CNC(=O)c1cc([N+](=O)[O-])ccc1NCC1(SC)CC1. The summed E-state index contributed by atoms with van der Waals surface area (Å²) in [6.45, 7) is 0.760. The van der Waals surface area contributed by atoms with Crippen molar-refractivity contribution in [3.8, 4) is 0 Å². The molecule has 0 heterocycles. The Bertz CT molecular complexity index is 544. The number of hydrogen-bond acceptors (Lipinski definition) is 5. The Balaban J connectivity index is 2.22. The Kier molecular flexibility index (Phi) is 4.17. The van der Waals surface area contributed by atoms with Gasteiger partial charge in [0.1, 0.15) is 0 Å². The van der Waals surface area contributed by atoms with Crippen molar-refractivity contribution < 1.29 is 9.72 Å². The molecule has 1 fully saturated rings. The molecule has 0 aliphatic heterocycles. The molecule has 1 aromatic rings. The van der Waals surface area contributed by atoms with Gasteiger partial charge in [-0.2, -0.15) is 11.8 Å². The van der Waals surface area contributed by atoms with Crippen molar-refractivity contribution in [2.24, 2.45) is 0 Å². The smallest absolute Gasteiger partial charge is 0.270 e. The van der Waals surface area contributed by atoms with Gasteiger partial charge in [-0.15, -0.1) is 0 Å². The van der Waals surface area contributed by atoms with Gasteiger partial charge in [0.05, 0.1) is 10.5 Å². The van der Waals surface area contributed by atoms with Crippen LogP contribution in [0.2, 0.25) is 0 Å². The first-order valence-corrected chi connectivity index (χ1v) is 7.53. The molecule has 0 spiro atoms. The molecule has 7 heteroatoms. The second kappa shape index (κ2) is 5.70. The first-order valence-electron chi connectivity index (χ1n) is 6.31. The highest BCUT2D eigenvalue weighted by atomic mass is 32.2. The van der Waals surface area contributed by atoms with E-state index in [4.69, 9.17) is 0 Å². The summed E-state index contributed by atoms with van der Waals surface area (Å²) in [5.41, 5.74) is 0.856. The Morgan fingerprint density at radius 1 is 1.50 bits per heavy atom. The molecule has 1 saturated carbocycles. The Labute approximate surface area is 121 Å². The Morgan fingerprint density at radius 3 is 2.70 bits per heavy atom. The van der Waals surface area contributed by atoms with E-state index in [2.05, 4.69) is 16.9 Å². The number of non-ortho nitro benzene ring substituents is 1. The van der Waals surface area contributed by atoms with E-state index in [0.717, 1.165) is 19.4 Å². The van der Waals surface area contributed by atoms with E-state index in [1.807, 2.05) is 11.8 Å². The van der Waals surface area contributed by atoms with Gasteiger partial charge in [0.25, 0.3) is 11.6 Å². The molecule has 20 heavy (non-hydrogen) atoms. The lowest BCUT2D eigenvalue weighted by molar-refractivity contribution is -0.384. The van der Waals surface area contributed by atoms with Crippen LogP contribution < -0.4 is 10.6 Å². The highest BCUT2D eigenvalue weighted by molar-refractivity contribution is 8.00. The lowest BCUT2D eigenvalue weighted by atomic mass is 10.1. The average Bonchev–Trinajstić information content (AvgIpc) is 3.24. The third-order valence-electron chi connectivity index (χ3n) is 3.53. The number of anilines is 1. The van der Waals surface area contributed by atoms with Gasteiger partial charge in [0.15, 0.2) is 0 Å². The third kappa shape index (κ3) is 3.04. The van der Waals surface area contributed by atoms with Crippen LogP contribution in [0.5, 0.6) is 0 Å². The van der Waals surface area contributed by atoms with Crippen LogP contribution in [0.25, 0.3) is 0 Å². The van der Waals surface area contributed by atoms with Crippen LogP contribution in [0.3, 0.4) is 0 Å². The zero-order valence-electron chi connectivity index (χ0n) is 11.4. The van der Waals surface area contributed by atoms with E-state index in [-0.39, 0.29) is 16.3 Å². The molecule has 2 rings (SSSR count). The number of hydrogen-bond donors (Lipinski definition) is 2. The number of benzene rings is 1. The minimum atomic E-state index is -0.500. The van der Waals surface area contributed by atoms with Crippen LogP contribution in [0.1, 0.15) is 23.2 Å². The second-order valence-corrected chi connectivity index (χ2v) is 6.08. The summed E-state index contributed by atoms with van der Waals surface area (Å²) in [4.78, 5) is 22.1. The summed E-state index contributed by atoms with van der Waals surface area (Å²) in [7, 11) is 1.51. The molecule has 0 bridgehead atoms. The van der Waals surface area contributed by atoms with Gasteiger partial charge in [-0.05, 0) is 25.2 Å². The van der Waals surface area contributed by atoms with E-state index in [0.29, 0.717) is 11.3 Å². The molecule has 108 valence electrons. The number of amides is 1. The van der Waals surface area contributed by atoms with Crippen molar-refractivity contribution in [2.75, 3.05) is 25.2 Å². The van der Waals surface area contributed by atoms with Crippen LogP contribution >= 0.6 is 11.8 Å². The van der Waals surface area contributed by atoms with Crippen LogP contribution in [-0.2, 0) is 0 Å². The molecule has 1 aliphatic rings. The minimum absolute atomic E-state index is 0.0832. The molecule has 2 N–H and O–H groups in total. The summed E-state index contributed by atoms with van der Waals surface area (Å²) in [5.74, 6) is -0.329. The maximum Gasteiger partial charge on any atom is 0.270 e. The van der Waals surface area contributed by atoms with Crippen LogP contribution in [0, 0.1) is 10.1 Å². The van der Waals surface area contributed by atoms with Gasteiger partial charge < -0.3 is 10.6 Å². The predicted octanol–water partition coefficient (Wildman–Crippen LogP) is 2.26. The lowest BCUT2D eigenvalue weighted by Gasteiger charge is -2.16. The molecule has 1 aliphatic carbocycles. The number of nitro benzene ring substituents is 1. The van der Waals surface area contributed by atoms with Crippen molar-refractivity contribution >= 4 is 29.0 Å². The Morgan fingerprint density at radius 2 is 2.20 bits per heavy atom. The van der Waals surface area contributed by atoms with Gasteiger partial charge >= 0.3 is 0 Å². The van der Waals surface area contributed by atoms with Crippen molar-refractivity contribution in [1.29, 1.82) is 0 Å². The lowest BCUT2D eigenvalue weighted by Crippen LogP contribution is -2.23. The zero-order valence-corrected chi connectivity index (χ0v) is 12.3. The molecular formula is C13H17N3O3S. The van der Waals surface area contributed by atoms with Crippen molar-refractivity contribution in [3.63, 3.8) is 0 Å². The number of nitrogens with zero attached hydrogens (tertiary/aromatic N) is 1. The monoisotopic (exact) mass is 295 g/mol. The van der Waals surface area contributed by atoms with E-state index < -0.39 is 4.92 Å². The largest absolute Gasteiger partial charge is 0.383 e. The van der Waals surface area contributed by atoms with Gasteiger partial charge in [-0.3, -0.25) is 14.9 Å². The van der Waals surface area contributed by atoms with E-state index in [1.54, 1.807) is 6.07 Å². The van der Waals surface area contributed by atoms with Gasteiger partial charge in [0, 0.05) is 36.2 Å². The highest BCUT2D eigenvalue weighted by Crippen LogP contribution is 2.47. The fraction of sp³-hybridized carbons (Fsp3) is 0.462. The highest BCUT2D eigenvalue weighted by Gasteiger charge is 2.41. The minimum Gasteiger partial charge on any atom is -0.383 e. The van der Waals surface area contributed by atoms with Crippen molar-refractivity contribution in [2.45, 2.75) is 17.6 Å². The topological polar surface area (TPSA) is 84.3 Å². The molecule has 0 saturated heterocycles. The summed E-state index contributed by atoms with van der Waals surface area (Å²) in [6.07, 6.45) is 4.39. The van der Waals surface area contributed by atoms with E-state index in [9.17, 15) is 14.9 Å². The molecular weight excluding hydrogens is 278 g/mol. The number of nitro groups is 1. The quantitative estimate of drug-likeness (QED) is 0.621. The molecule has 0 unspecified atom stereocenters. The fourth-order valence-electron chi connectivity index (χ4n) is 1.97. The average molecular weight is 295 g/mol. The number of rotatable bonds is 6. The Hall–Kier alpha value is -1.76. The van der Waals surface area contributed by atoms with E-state index >= 15 is 0 Å². The van der Waals surface area contributed by atoms with Gasteiger partial charge in [-0.25, -0.2) is 0 Å². The fourth-order valence-corrected chi connectivity index (χ4v) is 2.70. The van der Waals surface area contributed by atoms with Crippen LogP contribution in [0.15, 0.2) is 18.2 Å². The molecule has 0 aromatic heterocycles. The first-order chi connectivity index (χ1) is 9.51. The third-order valence-corrected chi connectivity index (χ3v) is 4.95. The zero-order chi connectivity index (χ0) is 14.8. The molecule has 1 aromatic carbocycles.